The van der Waals surface area contributed by atoms with Crippen LogP contribution in [0.25, 0.3) is 11.0 Å². The normalized spacial score (nSPS) is 12.7. The van der Waals surface area contributed by atoms with E-state index in [2.05, 4.69) is 16.3 Å². The van der Waals surface area contributed by atoms with Gasteiger partial charge in [-0.3, -0.25) is 0 Å². The van der Waals surface area contributed by atoms with Gasteiger partial charge in [0, 0.05) is 35.6 Å². The van der Waals surface area contributed by atoms with Crippen molar-refractivity contribution in [1.82, 2.24) is 10.2 Å². The van der Waals surface area contributed by atoms with Crippen molar-refractivity contribution in [2.75, 3.05) is 20.6 Å². The number of benzene rings is 2. The maximum absolute atomic E-state index is 12.0. The summed E-state index contributed by atoms with van der Waals surface area (Å²) in [4.78, 5) is 14.2. The molecule has 1 heterocycles. The lowest BCUT2D eigenvalue weighted by Gasteiger charge is -2.26. The van der Waals surface area contributed by atoms with Crippen LogP contribution in [0.2, 0.25) is 5.02 Å². The van der Waals surface area contributed by atoms with Gasteiger partial charge in [-0.25, -0.2) is 4.79 Å². The predicted molar refractivity (Wildman–Crippen MR) is 112 cm³/mol. The first-order valence-electron chi connectivity index (χ1n) is 9.03. The number of rotatable bonds is 6. The third-order valence-corrected chi connectivity index (χ3v) is 5.40. The van der Waals surface area contributed by atoms with Crippen molar-refractivity contribution in [3.05, 3.63) is 80.2 Å². The quantitative estimate of drug-likeness (QED) is 0.637. The first kappa shape index (κ1) is 19.6. The van der Waals surface area contributed by atoms with Gasteiger partial charge in [0.15, 0.2) is 0 Å². The van der Waals surface area contributed by atoms with Gasteiger partial charge in [0.05, 0.1) is 0 Å². The predicted octanol–water partition coefficient (Wildman–Crippen LogP) is 4.46. The highest BCUT2D eigenvalue weighted by molar-refractivity contribution is 6.31. The number of likely N-dealkylation sites (N-methyl/N-ethyl adjacent to an activating group) is 1. The van der Waals surface area contributed by atoms with Crippen LogP contribution in [0.15, 0.2) is 51.7 Å². The minimum absolute atomic E-state index is 0.133. The minimum atomic E-state index is -0.316. The summed E-state index contributed by atoms with van der Waals surface area (Å²) in [5.41, 5.74) is 4.51. The van der Waals surface area contributed by atoms with Crippen molar-refractivity contribution in [3.63, 3.8) is 0 Å². The summed E-state index contributed by atoms with van der Waals surface area (Å²) < 4.78 is 5.46. The van der Waals surface area contributed by atoms with Crippen molar-refractivity contribution in [2.45, 2.75) is 26.4 Å². The van der Waals surface area contributed by atoms with E-state index in [4.69, 9.17) is 16.0 Å². The Hall–Kier alpha value is -2.14. The van der Waals surface area contributed by atoms with Gasteiger partial charge in [-0.2, -0.15) is 0 Å². The molecule has 0 saturated carbocycles. The van der Waals surface area contributed by atoms with E-state index in [9.17, 15) is 4.79 Å². The topological polar surface area (TPSA) is 45.5 Å². The Labute approximate surface area is 164 Å². The fraction of sp³-hybridized carbons (Fsp3) is 0.318. The van der Waals surface area contributed by atoms with E-state index in [1.54, 1.807) is 6.07 Å². The summed E-state index contributed by atoms with van der Waals surface area (Å²) in [7, 11) is 4.07. The molecule has 0 saturated heterocycles. The molecule has 0 aliphatic carbocycles. The number of fused-ring (bicyclic) bond motifs is 1. The zero-order chi connectivity index (χ0) is 19.6. The largest absolute Gasteiger partial charge is 0.422 e. The summed E-state index contributed by atoms with van der Waals surface area (Å²) in [6.45, 7) is 5.30. The maximum Gasteiger partial charge on any atom is 0.336 e. The van der Waals surface area contributed by atoms with Crippen LogP contribution in [0.4, 0.5) is 0 Å². The number of nitrogens with zero attached hydrogens (tertiary/aromatic N) is 1. The van der Waals surface area contributed by atoms with E-state index < -0.39 is 0 Å². The van der Waals surface area contributed by atoms with E-state index in [0.29, 0.717) is 18.7 Å². The van der Waals surface area contributed by atoms with Gasteiger partial charge < -0.3 is 14.6 Å². The second-order valence-electron chi connectivity index (χ2n) is 7.11. The lowest BCUT2D eigenvalue weighted by molar-refractivity contribution is 0.288. The molecule has 0 unspecified atom stereocenters. The van der Waals surface area contributed by atoms with Crippen LogP contribution in [-0.2, 0) is 6.54 Å². The number of hydrogen-bond donors (Lipinski definition) is 1. The molecule has 3 rings (SSSR count). The number of hydrogen-bond acceptors (Lipinski definition) is 4. The molecule has 142 valence electrons. The Kier molecular flexibility index (Phi) is 6.00. The highest BCUT2D eigenvalue weighted by atomic mass is 35.5. The number of halogens is 1. The van der Waals surface area contributed by atoms with Crippen LogP contribution in [0.1, 0.15) is 28.3 Å². The second kappa shape index (κ2) is 8.26. The molecule has 0 radical (unpaired) electrons. The first-order valence-corrected chi connectivity index (χ1v) is 9.40. The van der Waals surface area contributed by atoms with Gasteiger partial charge in [-0.1, -0.05) is 41.9 Å². The zero-order valence-electron chi connectivity index (χ0n) is 16.2. The van der Waals surface area contributed by atoms with E-state index in [1.165, 1.54) is 0 Å². The van der Waals surface area contributed by atoms with Crippen LogP contribution in [0, 0.1) is 13.8 Å². The summed E-state index contributed by atoms with van der Waals surface area (Å²) in [5, 5.41) is 5.22. The molecule has 3 aromatic rings. The molecule has 1 aromatic heterocycles. The average Bonchev–Trinajstić information content (AvgIpc) is 2.62. The summed E-state index contributed by atoms with van der Waals surface area (Å²) in [5.74, 6) is 0. The second-order valence-corrected chi connectivity index (χ2v) is 7.51. The van der Waals surface area contributed by atoms with Crippen LogP contribution < -0.4 is 10.9 Å². The third kappa shape index (κ3) is 4.24. The van der Waals surface area contributed by atoms with Gasteiger partial charge in [-0.15, -0.1) is 0 Å². The molecule has 0 aliphatic heterocycles. The molecule has 1 N–H and O–H groups in total. The molecule has 0 fully saturated rings. The zero-order valence-corrected chi connectivity index (χ0v) is 16.9. The van der Waals surface area contributed by atoms with Crippen molar-refractivity contribution >= 4 is 22.6 Å². The summed E-state index contributed by atoms with van der Waals surface area (Å²) in [6.07, 6.45) is 0. The SMILES string of the molecule is Cc1ccc2c(CNC[C@@H](c3ccccc3Cl)N(C)C)cc(=O)oc2c1C. The lowest BCUT2D eigenvalue weighted by atomic mass is 10.0. The fourth-order valence-electron chi connectivity index (χ4n) is 3.33. The maximum atomic E-state index is 12.0. The Morgan fingerprint density at radius 1 is 1.15 bits per heavy atom. The third-order valence-electron chi connectivity index (χ3n) is 5.06. The molecule has 0 amide bonds. The molecular weight excluding hydrogens is 360 g/mol. The van der Waals surface area contributed by atoms with Crippen molar-refractivity contribution in [1.29, 1.82) is 0 Å². The van der Waals surface area contributed by atoms with E-state index in [0.717, 1.165) is 32.7 Å². The van der Waals surface area contributed by atoms with E-state index >= 15 is 0 Å². The van der Waals surface area contributed by atoms with Gasteiger partial charge in [0.1, 0.15) is 5.58 Å². The van der Waals surface area contributed by atoms with Crippen molar-refractivity contribution in [3.8, 4) is 0 Å². The highest BCUT2D eigenvalue weighted by Crippen LogP contribution is 2.26. The molecule has 0 bridgehead atoms. The number of nitrogens with one attached hydrogen (secondary N) is 1. The molecule has 27 heavy (non-hydrogen) atoms. The standard InChI is InChI=1S/C22H25ClN2O2/c1-14-9-10-17-16(11-21(26)27-22(17)15(14)2)12-24-13-20(25(3)4)18-7-5-6-8-19(18)23/h5-11,20,24H,12-13H2,1-4H3/t20-/m0/s1. The smallest absolute Gasteiger partial charge is 0.336 e. The Bertz CT molecular complexity index is 1010. The molecule has 2 aromatic carbocycles. The minimum Gasteiger partial charge on any atom is -0.422 e. The Morgan fingerprint density at radius 3 is 2.59 bits per heavy atom. The summed E-state index contributed by atoms with van der Waals surface area (Å²) >= 11 is 6.38. The lowest BCUT2D eigenvalue weighted by Crippen LogP contribution is -2.31. The Balaban J connectivity index is 1.83. The first-order chi connectivity index (χ1) is 12.9. The van der Waals surface area contributed by atoms with Gasteiger partial charge >= 0.3 is 5.63 Å². The van der Waals surface area contributed by atoms with Crippen LogP contribution in [-0.4, -0.2) is 25.5 Å². The number of aryl methyl sites for hydroxylation is 2. The highest BCUT2D eigenvalue weighted by Gasteiger charge is 2.17. The van der Waals surface area contributed by atoms with E-state index in [-0.39, 0.29) is 11.7 Å². The van der Waals surface area contributed by atoms with Crippen LogP contribution in [0.3, 0.4) is 0 Å². The van der Waals surface area contributed by atoms with Gasteiger partial charge in [0.2, 0.25) is 0 Å². The van der Waals surface area contributed by atoms with Crippen molar-refractivity contribution < 1.29 is 4.42 Å². The van der Waals surface area contributed by atoms with Gasteiger partial charge in [-0.05, 0) is 56.3 Å². The molecule has 0 aliphatic rings. The monoisotopic (exact) mass is 384 g/mol. The molecule has 1 atom stereocenters. The fourth-order valence-corrected chi connectivity index (χ4v) is 3.59. The van der Waals surface area contributed by atoms with Crippen LogP contribution >= 0.6 is 11.6 Å². The van der Waals surface area contributed by atoms with Crippen molar-refractivity contribution in [2.24, 2.45) is 0 Å². The molecular formula is C22H25ClN2O2. The average molecular weight is 385 g/mol. The van der Waals surface area contributed by atoms with Crippen LogP contribution in [0.5, 0.6) is 0 Å². The molecule has 0 spiro atoms. The summed E-state index contributed by atoms with van der Waals surface area (Å²) in [6, 6.07) is 13.7. The molecule has 4 nitrogen and oxygen atoms in total. The van der Waals surface area contributed by atoms with E-state index in [1.807, 2.05) is 58.3 Å². The molecule has 5 heteroatoms. The Morgan fingerprint density at radius 2 is 1.89 bits per heavy atom. The van der Waals surface area contributed by atoms with Gasteiger partial charge in [0.25, 0.3) is 0 Å².